The SMILES string of the molecule is CC1(C)C(C(Br)C(F)(F)Br)[C@H]1C(=O)Cl. The van der Waals surface area contributed by atoms with Crippen LogP contribution in [-0.4, -0.2) is 14.9 Å². The molecule has 0 bridgehead atoms. The first-order valence-corrected chi connectivity index (χ1v) is 6.09. The van der Waals surface area contributed by atoms with Gasteiger partial charge in [0.1, 0.15) is 0 Å². The van der Waals surface area contributed by atoms with Crippen molar-refractivity contribution in [3.05, 3.63) is 0 Å². The van der Waals surface area contributed by atoms with Crippen molar-refractivity contribution in [1.82, 2.24) is 0 Å². The van der Waals surface area contributed by atoms with Gasteiger partial charge >= 0.3 is 4.83 Å². The molecule has 0 N–H and O–H groups in total. The van der Waals surface area contributed by atoms with Crippen LogP contribution in [0.5, 0.6) is 0 Å². The Morgan fingerprint density at radius 1 is 1.57 bits per heavy atom. The van der Waals surface area contributed by atoms with Gasteiger partial charge in [-0.15, -0.1) is 0 Å². The maximum atomic E-state index is 12.9. The molecule has 0 aromatic rings. The Morgan fingerprint density at radius 2 is 2.00 bits per heavy atom. The second-order valence-electron chi connectivity index (χ2n) is 4.07. The molecule has 3 atom stereocenters. The van der Waals surface area contributed by atoms with Crippen LogP contribution in [0.2, 0.25) is 0 Å². The van der Waals surface area contributed by atoms with Crippen LogP contribution in [0.15, 0.2) is 0 Å². The zero-order valence-electron chi connectivity index (χ0n) is 7.53. The van der Waals surface area contributed by atoms with Crippen molar-refractivity contribution in [1.29, 1.82) is 0 Å². The van der Waals surface area contributed by atoms with Gasteiger partial charge in [-0.05, 0) is 38.9 Å². The smallest absolute Gasteiger partial charge is 0.281 e. The molecule has 0 heterocycles. The molecule has 0 radical (unpaired) electrons. The third-order valence-electron chi connectivity index (χ3n) is 2.78. The van der Waals surface area contributed by atoms with Crippen molar-refractivity contribution < 1.29 is 13.6 Å². The minimum Gasteiger partial charge on any atom is -0.281 e. The molecule has 82 valence electrons. The van der Waals surface area contributed by atoms with Gasteiger partial charge in [-0.25, -0.2) is 0 Å². The van der Waals surface area contributed by atoms with Gasteiger partial charge in [0.25, 0.3) is 0 Å². The number of hydrogen-bond acceptors (Lipinski definition) is 1. The molecule has 14 heavy (non-hydrogen) atoms. The molecular formula is C8H9Br2ClF2O. The van der Waals surface area contributed by atoms with E-state index in [4.69, 9.17) is 11.6 Å². The molecule has 0 amide bonds. The first-order valence-electron chi connectivity index (χ1n) is 4.00. The second-order valence-corrected chi connectivity index (χ2v) is 6.49. The van der Waals surface area contributed by atoms with Crippen LogP contribution in [0, 0.1) is 17.3 Å². The number of alkyl halides is 4. The van der Waals surface area contributed by atoms with Crippen molar-refractivity contribution in [3.8, 4) is 0 Å². The van der Waals surface area contributed by atoms with E-state index in [1.54, 1.807) is 13.8 Å². The van der Waals surface area contributed by atoms with Crippen LogP contribution in [0.3, 0.4) is 0 Å². The third kappa shape index (κ3) is 2.14. The average Bonchev–Trinajstić information content (AvgIpc) is 2.49. The fourth-order valence-corrected chi connectivity index (χ4v) is 3.55. The van der Waals surface area contributed by atoms with E-state index < -0.39 is 32.2 Å². The van der Waals surface area contributed by atoms with E-state index in [0.717, 1.165) is 0 Å². The summed E-state index contributed by atoms with van der Waals surface area (Å²) in [5.74, 6) is -0.918. The Labute approximate surface area is 103 Å². The van der Waals surface area contributed by atoms with E-state index in [1.165, 1.54) is 0 Å². The lowest BCUT2D eigenvalue weighted by Gasteiger charge is -2.16. The Kier molecular flexibility index (Phi) is 3.36. The first kappa shape index (κ1) is 12.8. The zero-order chi connectivity index (χ0) is 11.3. The quantitative estimate of drug-likeness (QED) is 0.557. The zero-order valence-corrected chi connectivity index (χ0v) is 11.5. The van der Waals surface area contributed by atoms with Gasteiger partial charge in [0.15, 0.2) is 0 Å². The lowest BCUT2D eigenvalue weighted by molar-refractivity contribution is -0.113. The average molecular weight is 354 g/mol. The van der Waals surface area contributed by atoms with Gasteiger partial charge in [0.2, 0.25) is 5.24 Å². The summed E-state index contributed by atoms with van der Waals surface area (Å²) in [6, 6.07) is 0. The summed E-state index contributed by atoms with van der Waals surface area (Å²) < 4.78 is 25.8. The lowest BCUT2D eigenvalue weighted by atomic mass is 10.1. The molecule has 6 heteroatoms. The molecule has 0 saturated heterocycles. The maximum Gasteiger partial charge on any atom is 0.313 e. The van der Waals surface area contributed by atoms with Crippen molar-refractivity contribution in [2.45, 2.75) is 23.5 Å². The summed E-state index contributed by atoms with van der Waals surface area (Å²) in [7, 11) is 0. The van der Waals surface area contributed by atoms with E-state index in [2.05, 4.69) is 31.9 Å². The lowest BCUT2D eigenvalue weighted by Crippen LogP contribution is -2.25. The van der Waals surface area contributed by atoms with E-state index in [1.807, 2.05) is 0 Å². The fraction of sp³-hybridized carbons (Fsp3) is 0.875. The third-order valence-corrected chi connectivity index (χ3v) is 5.27. The Hall–Kier alpha value is 0.780. The van der Waals surface area contributed by atoms with Gasteiger partial charge in [-0.1, -0.05) is 29.8 Å². The van der Waals surface area contributed by atoms with Crippen molar-refractivity contribution in [2.75, 3.05) is 0 Å². The molecule has 1 fully saturated rings. The number of halogens is 5. The number of rotatable bonds is 3. The molecule has 0 aromatic heterocycles. The first-order chi connectivity index (χ1) is 6.10. The largest absolute Gasteiger partial charge is 0.313 e. The Morgan fingerprint density at radius 3 is 2.21 bits per heavy atom. The summed E-state index contributed by atoms with van der Waals surface area (Å²) >= 11 is 10.5. The summed E-state index contributed by atoms with van der Waals surface area (Å²) in [5.41, 5.74) is -0.454. The highest BCUT2D eigenvalue weighted by Gasteiger charge is 2.67. The topological polar surface area (TPSA) is 17.1 Å². The van der Waals surface area contributed by atoms with Crippen LogP contribution >= 0.6 is 43.5 Å². The fourth-order valence-electron chi connectivity index (χ4n) is 1.86. The molecule has 1 rings (SSSR count). The molecule has 1 nitrogen and oxygen atoms in total. The highest BCUT2D eigenvalue weighted by molar-refractivity contribution is 9.12. The molecule has 1 aliphatic rings. The van der Waals surface area contributed by atoms with Gasteiger partial charge in [0, 0.05) is 5.92 Å². The van der Waals surface area contributed by atoms with Crippen molar-refractivity contribution in [3.63, 3.8) is 0 Å². The van der Waals surface area contributed by atoms with Crippen LogP contribution < -0.4 is 0 Å². The van der Waals surface area contributed by atoms with Gasteiger partial charge < -0.3 is 0 Å². The monoisotopic (exact) mass is 352 g/mol. The summed E-state index contributed by atoms with van der Waals surface area (Å²) in [5, 5.41) is -0.541. The van der Waals surface area contributed by atoms with E-state index in [-0.39, 0.29) is 0 Å². The molecule has 1 aliphatic carbocycles. The second kappa shape index (κ2) is 3.67. The summed E-state index contributed by atoms with van der Waals surface area (Å²) in [6.45, 7) is 3.52. The van der Waals surface area contributed by atoms with Crippen LogP contribution in [-0.2, 0) is 4.79 Å². The number of hydrogen-bond donors (Lipinski definition) is 0. The maximum absolute atomic E-state index is 12.9. The van der Waals surface area contributed by atoms with Crippen LogP contribution in [0.1, 0.15) is 13.8 Å². The predicted molar refractivity (Wildman–Crippen MR) is 58.2 cm³/mol. The molecule has 0 aromatic carbocycles. The molecule has 2 unspecified atom stereocenters. The van der Waals surface area contributed by atoms with Gasteiger partial charge in [-0.3, -0.25) is 4.79 Å². The highest BCUT2D eigenvalue weighted by Crippen LogP contribution is 2.64. The van der Waals surface area contributed by atoms with Crippen molar-refractivity contribution >= 4 is 48.7 Å². The minimum atomic E-state index is -3.02. The standard InChI is InChI=1S/C8H9Br2ClF2O/c1-7(2)3(4(7)6(11)14)5(9)8(10,12)13/h3-5H,1-2H3/t3?,4-,5?/m0/s1. The van der Waals surface area contributed by atoms with Crippen LogP contribution in [0.25, 0.3) is 0 Å². The Balaban J connectivity index is 2.79. The highest BCUT2D eigenvalue weighted by atomic mass is 79.9. The Bertz CT molecular complexity index is 265. The van der Waals surface area contributed by atoms with Gasteiger partial charge in [-0.2, -0.15) is 8.78 Å². The number of carbonyl (C=O) groups excluding carboxylic acids is 1. The molecular weight excluding hydrogens is 345 g/mol. The van der Waals surface area contributed by atoms with Crippen LogP contribution in [0.4, 0.5) is 8.78 Å². The molecule has 1 saturated carbocycles. The van der Waals surface area contributed by atoms with E-state index in [9.17, 15) is 13.6 Å². The summed E-state index contributed by atoms with van der Waals surface area (Å²) in [6.07, 6.45) is 0. The number of carbonyl (C=O) groups is 1. The van der Waals surface area contributed by atoms with E-state index in [0.29, 0.717) is 0 Å². The van der Waals surface area contributed by atoms with E-state index >= 15 is 0 Å². The molecule has 0 spiro atoms. The molecule has 0 aliphatic heterocycles. The minimum absolute atomic E-state index is 0.429. The predicted octanol–water partition coefficient (Wildman–Crippen LogP) is 3.78. The summed E-state index contributed by atoms with van der Waals surface area (Å²) in [4.78, 5) is 6.86. The normalized spacial score (nSPS) is 32.5. The van der Waals surface area contributed by atoms with Crippen molar-refractivity contribution in [2.24, 2.45) is 17.3 Å². The van der Waals surface area contributed by atoms with Gasteiger partial charge in [0.05, 0.1) is 4.83 Å².